The van der Waals surface area contributed by atoms with Crippen molar-refractivity contribution in [3.63, 3.8) is 0 Å². The van der Waals surface area contributed by atoms with Gasteiger partial charge in [0.1, 0.15) is 6.10 Å². The summed E-state index contributed by atoms with van der Waals surface area (Å²) in [5.74, 6) is -0.0762. The highest BCUT2D eigenvalue weighted by Crippen LogP contribution is 2.27. The number of cyclic esters (lactones) is 1. The molecule has 8 nitrogen and oxygen atoms in total. The summed E-state index contributed by atoms with van der Waals surface area (Å²) < 4.78 is 11.0. The number of carbonyl (C=O) groups excluding carboxylic acids is 3. The molecule has 2 fully saturated rings. The molecule has 1 atom stereocenters. The fraction of sp³-hybridized carbons (Fsp3) is 0.316. The van der Waals surface area contributed by atoms with Crippen molar-refractivity contribution in [3.8, 4) is 0 Å². The molecule has 28 heavy (non-hydrogen) atoms. The number of hydrogen-bond acceptors (Lipinski definition) is 5. The third-order valence-electron chi connectivity index (χ3n) is 4.71. The molecule has 3 amide bonds. The maximum Gasteiger partial charge on any atom is 0.414 e. The van der Waals surface area contributed by atoms with Crippen LogP contribution in [-0.2, 0) is 9.53 Å². The Balaban J connectivity index is 1.35. The van der Waals surface area contributed by atoms with Crippen LogP contribution in [0.1, 0.15) is 23.4 Å². The van der Waals surface area contributed by atoms with Crippen molar-refractivity contribution in [2.45, 2.75) is 18.9 Å². The van der Waals surface area contributed by atoms with E-state index in [1.807, 2.05) is 12.1 Å². The van der Waals surface area contributed by atoms with Gasteiger partial charge in [0.15, 0.2) is 10.4 Å². The zero-order valence-corrected chi connectivity index (χ0v) is 16.5. The van der Waals surface area contributed by atoms with E-state index in [1.54, 1.807) is 29.2 Å². The summed E-state index contributed by atoms with van der Waals surface area (Å²) in [6, 6.07) is 10.4. The van der Waals surface area contributed by atoms with Gasteiger partial charge in [-0.05, 0) is 58.7 Å². The number of benzene rings is 1. The Morgan fingerprint density at radius 1 is 1.11 bits per heavy atom. The third kappa shape index (κ3) is 3.75. The quantitative estimate of drug-likeness (QED) is 0.760. The first kappa shape index (κ1) is 18.5. The van der Waals surface area contributed by atoms with E-state index in [0.29, 0.717) is 23.3 Å². The highest BCUT2D eigenvalue weighted by molar-refractivity contribution is 9.10. The molecule has 0 aliphatic carbocycles. The summed E-state index contributed by atoms with van der Waals surface area (Å²) in [5, 5.41) is 2.70. The van der Waals surface area contributed by atoms with Gasteiger partial charge in [-0.25, -0.2) is 4.79 Å². The second-order valence-electron chi connectivity index (χ2n) is 6.60. The van der Waals surface area contributed by atoms with Crippen LogP contribution in [0, 0.1) is 0 Å². The molecular formula is C19H18BrN3O5. The van der Waals surface area contributed by atoms with Crippen LogP contribution in [0.15, 0.2) is 45.5 Å². The largest absolute Gasteiger partial charge is 0.444 e. The number of furan rings is 1. The number of hydrogen-bond donors (Lipinski definition) is 1. The smallest absolute Gasteiger partial charge is 0.414 e. The Morgan fingerprint density at radius 2 is 1.82 bits per heavy atom. The molecule has 0 spiro atoms. The molecule has 3 heterocycles. The van der Waals surface area contributed by atoms with Crippen molar-refractivity contribution < 1.29 is 23.5 Å². The molecule has 2 aromatic rings. The van der Waals surface area contributed by atoms with Gasteiger partial charge in [-0.15, -0.1) is 0 Å². The van der Waals surface area contributed by atoms with Crippen molar-refractivity contribution in [2.24, 2.45) is 0 Å². The number of nitrogens with zero attached hydrogens (tertiary/aromatic N) is 2. The minimum absolute atomic E-state index is 0.118. The first-order valence-electron chi connectivity index (χ1n) is 8.93. The average molecular weight is 448 g/mol. The highest BCUT2D eigenvalue weighted by atomic mass is 79.9. The summed E-state index contributed by atoms with van der Waals surface area (Å²) in [6.07, 6.45) is 0.504. The van der Waals surface area contributed by atoms with E-state index in [1.165, 1.54) is 4.90 Å². The van der Waals surface area contributed by atoms with Crippen LogP contribution in [0.2, 0.25) is 0 Å². The molecule has 0 bridgehead atoms. The number of amides is 3. The lowest BCUT2D eigenvalue weighted by Gasteiger charge is -2.18. The Labute approximate surface area is 169 Å². The summed E-state index contributed by atoms with van der Waals surface area (Å²) in [7, 11) is 0. The average Bonchev–Trinajstić information content (AvgIpc) is 3.40. The van der Waals surface area contributed by atoms with Crippen LogP contribution in [0.25, 0.3) is 0 Å². The maximum absolute atomic E-state index is 12.2. The molecule has 1 aromatic carbocycles. The van der Waals surface area contributed by atoms with Gasteiger partial charge in [-0.2, -0.15) is 0 Å². The van der Waals surface area contributed by atoms with Crippen LogP contribution in [0.5, 0.6) is 0 Å². The lowest BCUT2D eigenvalue weighted by Crippen LogP contribution is -2.34. The minimum Gasteiger partial charge on any atom is -0.444 e. The van der Waals surface area contributed by atoms with Crippen LogP contribution >= 0.6 is 15.9 Å². The van der Waals surface area contributed by atoms with Gasteiger partial charge in [0.2, 0.25) is 5.91 Å². The van der Waals surface area contributed by atoms with E-state index in [9.17, 15) is 14.4 Å². The number of rotatable bonds is 5. The number of carbonyl (C=O) groups is 3. The Hall–Kier alpha value is -2.81. The predicted molar refractivity (Wildman–Crippen MR) is 104 cm³/mol. The zero-order chi connectivity index (χ0) is 19.7. The summed E-state index contributed by atoms with van der Waals surface area (Å²) in [5.41, 5.74) is 1.51. The van der Waals surface area contributed by atoms with Crippen molar-refractivity contribution in [2.75, 3.05) is 29.4 Å². The Morgan fingerprint density at radius 3 is 2.43 bits per heavy atom. The molecule has 2 saturated heterocycles. The van der Waals surface area contributed by atoms with Crippen LogP contribution in [0.3, 0.4) is 0 Å². The first-order valence-corrected chi connectivity index (χ1v) is 9.72. The summed E-state index contributed by atoms with van der Waals surface area (Å²) >= 11 is 3.14. The summed E-state index contributed by atoms with van der Waals surface area (Å²) in [4.78, 5) is 39.3. The highest BCUT2D eigenvalue weighted by Gasteiger charge is 2.33. The van der Waals surface area contributed by atoms with E-state index < -0.39 is 12.2 Å². The van der Waals surface area contributed by atoms with E-state index in [-0.39, 0.29) is 24.1 Å². The molecule has 2 aliphatic heterocycles. The monoisotopic (exact) mass is 447 g/mol. The lowest BCUT2D eigenvalue weighted by molar-refractivity contribution is -0.117. The number of ether oxygens (including phenoxy) is 1. The van der Waals surface area contributed by atoms with Gasteiger partial charge in [-0.1, -0.05) is 0 Å². The van der Waals surface area contributed by atoms with Gasteiger partial charge in [0, 0.05) is 24.3 Å². The van der Waals surface area contributed by atoms with E-state index in [4.69, 9.17) is 9.15 Å². The van der Waals surface area contributed by atoms with Gasteiger partial charge in [0.05, 0.1) is 13.1 Å². The molecule has 9 heteroatoms. The van der Waals surface area contributed by atoms with Gasteiger partial charge < -0.3 is 19.4 Å². The molecule has 0 radical (unpaired) electrons. The molecule has 0 saturated carbocycles. The topological polar surface area (TPSA) is 92.1 Å². The first-order chi connectivity index (χ1) is 13.5. The van der Waals surface area contributed by atoms with Crippen molar-refractivity contribution in [1.29, 1.82) is 0 Å². The summed E-state index contributed by atoms with van der Waals surface area (Å²) in [6.45, 7) is 1.22. The Kier molecular flexibility index (Phi) is 5.08. The van der Waals surface area contributed by atoms with Crippen molar-refractivity contribution in [3.05, 3.63) is 46.8 Å². The standard InChI is InChI=1S/C19H18BrN3O5/c20-16-8-7-15(28-16)18(25)21-10-14-11-23(19(26)27-14)13-5-3-12(4-6-13)22-9-1-2-17(22)24/h3-8,14H,1-2,9-11H2,(H,21,25). The molecule has 2 aliphatic rings. The molecule has 1 N–H and O–H groups in total. The SMILES string of the molecule is O=C(NCC1CN(c2ccc(N3CCCC3=O)cc2)C(=O)O1)c1ccc(Br)o1. The van der Waals surface area contributed by atoms with E-state index >= 15 is 0 Å². The van der Waals surface area contributed by atoms with Gasteiger partial charge in [-0.3, -0.25) is 14.5 Å². The molecular weight excluding hydrogens is 430 g/mol. The predicted octanol–water partition coefficient (Wildman–Crippen LogP) is 2.92. The second kappa shape index (κ2) is 7.67. The fourth-order valence-electron chi connectivity index (χ4n) is 3.30. The van der Waals surface area contributed by atoms with E-state index in [2.05, 4.69) is 21.2 Å². The Bertz CT molecular complexity index is 911. The van der Waals surface area contributed by atoms with Crippen LogP contribution in [-0.4, -0.2) is 43.6 Å². The normalized spacial score (nSPS) is 19.2. The number of halogens is 1. The number of nitrogens with one attached hydrogen (secondary N) is 1. The van der Waals surface area contributed by atoms with Crippen LogP contribution < -0.4 is 15.1 Å². The molecule has 1 aromatic heterocycles. The van der Waals surface area contributed by atoms with Crippen molar-refractivity contribution >= 4 is 45.2 Å². The van der Waals surface area contributed by atoms with E-state index in [0.717, 1.165) is 18.7 Å². The molecule has 146 valence electrons. The second-order valence-corrected chi connectivity index (χ2v) is 7.38. The third-order valence-corrected chi connectivity index (χ3v) is 5.13. The number of anilines is 2. The minimum atomic E-state index is -0.468. The van der Waals surface area contributed by atoms with Crippen molar-refractivity contribution in [1.82, 2.24) is 5.32 Å². The lowest BCUT2D eigenvalue weighted by atomic mass is 10.2. The fourth-order valence-corrected chi connectivity index (χ4v) is 3.61. The van der Waals surface area contributed by atoms with Crippen LogP contribution in [0.4, 0.5) is 16.2 Å². The maximum atomic E-state index is 12.2. The molecule has 1 unspecified atom stereocenters. The molecule has 4 rings (SSSR count). The van der Waals surface area contributed by atoms with Gasteiger partial charge >= 0.3 is 6.09 Å². The zero-order valence-electron chi connectivity index (χ0n) is 14.9. The van der Waals surface area contributed by atoms with Gasteiger partial charge in [0.25, 0.3) is 5.91 Å².